The maximum Gasteiger partial charge on any atom is 0.238 e. The average molecular weight is 380 g/mol. The van der Waals surface area contributed by atoms with E-state index in [0.717, 1.165) is 35.5 Å². The molecule has 28 heavy (non-hydrogen) atoms. The molecule has 0 bridgehead atoms. The number of nitrogens with zero attached hydrogens (tertiary/aromatic N) is 3. The molecule has 1 fully saturated rings. The van der Waals surface area contributed by atoms with E-state index in [1.165, 1.54) is 0 Å². The Bertz CT molecular complexity index is 815. The van der Waals surface area contributed by atoms with Gasteiger partial charge in [0.2, 0.25) is 11.8 Å². The van der Waals surface area contributed by atoms with Crippen LogP contribution in [0.1, 0.15) is 23.1 Å². The van der Waals surface area contributed by atoms with Crippen LogP contribution in [0, 0.1) is 13.8 Å². The maximum atomic E-state index is 12.4. The Balaban J connectivity index is 1.41. The number of pyridine rings is 1. The molecule has 3 rings (SSSR count). The summed E-state index contributed by atoms with van der Waals surface area (Å²) in [5, 5.41) is 3.00. The Morgan fingerprint density at radius 1 is 1.07 bits per heavy atom. The molecular formula is C22H28N4O2. The zero-order chi connectivity index (χ0) is 19.9. The largest absolute Gasteiger partial charge is 0.340 e. The fourth-order valence-electron chi connectivity index (χ4n) is 3.39. The van der Waals surface area contributed by atoms with Crippen LogP contribution in [0.4, 0.5) is 5.69 Å². The third kappa shape index (κ3) is 5.39. The van der Waals surface area contributed by atoms with Gasteiger partial charge in [0.1, 0.15) is 0 Å². The summed E-state index contributed by atoms with van der Waals surface area (Å²) in [6.07, 6.45) is 4.75. The predicted molar refractivity (Wildman–Crippen MR) is 110 cm³/mol. The Morgan fingerprint density at radius 3 is 2.57 bits per heavy atom. The molecule has 1 aromatic carbocycles. The number of anilines is 1. The lowest BCUT2D eigenvalue weighted by Gasteiger charge is -2.34. The van der Waals surface area contributed by atoms with Crippen molar-refractivity contribution in [3.05, 3.63) is 59.4 Å². The van der Waals surface area contributed by atoms with E-state index in [1.807, 2.05) is 49.1 Å². The Morgan fingerprint density at radius 2 is 1.86 bits per heavy atom. The smallest absolute Gasteiger partial charge is 0.238 e. The van der Waals surface area contributed by atoms with Gasteiger partial charge >= 0.3 is 0 Å². The first-order chi connectivity index (χ1) is 13.5. The summed E-state index contributed by atoms with van der Waals surface area (Å²) in [5.41, 5.74) is 4.21. The molecule has 2 aromatic rings. The number of aromatic nitrogens is 1. The van der Waals surface area contributed by atoms with Gasteiger partial charge in [-0.25, -0.2) is 0 Å². The number of hydrogen-bond donors (Lipinski definition) is 1. The Labute approximate surface area is 166 Å². The number of nitrogens with one attached hydrogen (secondary N) is 1. The highest BCUT2D eigenvalue weighted by atomic mass is 16.2. The first-order valence-electron chi connectivity index (χ1n) is 9.78. The van der Waals surface area contributed by atoms with E-state index in [4.69, 9.17) is 0 Å². The van der Waals surface area contributed by atoms with Crippen molar-refractivity contribution in [3.8, 4) is 0 Å². The van der Waals surface area contributed by atoms with Gasteiger partial charge in [-0.05, 0) is 49.1 Å². The molecule has 6 nitrogen and oxygen atoms in total. The molecule has 2 heterocycles. The maximum absolute atomic E-state index is 12.4. The lowest BCUT2D eigenvalue weighted by molar-refractivity contribution is -0.133. The second-order valence-electron chi connectivity index (χ2n) is 7.31. The lowest BCUT2D eigenvalue weighted by Crippen LogP contribution is -2.50. The van der Waals surface area contributed by atoms with Gasteiger partial charge in [0.25, 0.3) is 0 Å². The van der Waals surface area contributed by atoms with Gasteiger partial charge in [0.05, 0.1) is 6.54 Å². The van der Waals surface area contributed by atoms with Crippen LogP contribution < -0.4 is 5.32 Å². The van der Waals surface area contributed by atoms with Crippen molar-refractivity contribution in [1.29, 1.82) is 0 Å². The normalized spacial score (nSPS) is 14.7. The summed E-state index contributed by atoms with van der Waals surface area (Å²) in [4.78, 5) is 32.9. The molecule has 6 heteroatoms. The van der Waals surface area contributed by atoms with Crippen molar-refractivity contribution in [1.82, 2.24) is 14.8 Å². The van der Waals surface area contributed by atoms with Crippen LogP contribution in [-0.4, -0.2) is 59.3 Å². The van der Waals surface area contributed by atoms with E-state index < -0.39 is 0 Å². The van der Waals surface area contributed by atoms with Gasteiger partial charge < -0.3 is 10.2 Å². The number of piperazine rings is 1. The van der Waals surface area contributed by atoms with E-state index >= 15 is 0 Å². The van der Waals surface area contributed by atoms with E-state index in [0.29, 0.717) is 32.5 Å². The molecule has 2 amide bonds. The molecule has 1 N–H and O–H groups in total. The number of hydrogen-bond acceptors (Lipinski definition) is 4. The monoisotopic (exact) mass is 380 g/mol. The molecule has 0 aliphatic carbocycles. The summed E-state index contributed by atoms with van der Waals surface area (Å²) >= 11 is 0. The number of benzene rings is 1. The molecule has 0 spiro atoms. The van der Waals surface area contributed by atoms with Crippen LogP contribution in [0.3, 0.4) is 0 Å². The van der Waals surface area contributed by atoms with Crippen molar-refractivity contribution in [2.75, 3.05) is 38.0 Å². The summed E-state index contributed by atoms with van der Waals surface area (Å²) in [5.74, 6) is 0.161. The minimum absolute atomic E-state index is 0.00921. The number of carbonyl (C=O) groups excluding carboxylic acids is 2. The van der Waals surface area contributed by atoms with Crippen LogP contribution in [-0.2, 0) is 16.0 Å². The summed E-state index contributed by atoms with van der Waals surface area (Å²) < 4.78 is 0. The fourth-order valence-corrected chi connectivity index (χ4v) is 3.39. The molecule has 1 aliphatic heterocycles. The second kappa shape index (κ2) is 9.46. The number of carbonyl (C=O) groups is 2. The standard InChI is InChI=1S/C22H28N4O2/c1-17-5-3-7-20(18(17)2)24-21(27)16-25-11-13-26(14-12-25)22(28)9-8-19-6-4-10-23-15-19/h3-7,10,15H,8-9,11-14,16H2,1-2H3,(H,24,27). The van der Waals surface area contributed by atoms with E-state index in [-0.39, 0.29) is 11.8 Å². The Hall–Kier alpha value is -2.73. The number of amides is 2. The fraction of sp³-hybridized carbons (Fsp3) is 0.409. The minimum atomic E-state index is -0.00921. The van der Waals surface area contributed by atoms with Crippen LogP contribution in [0.5, 0.6) is 0 Å². The van der Waals surface area contributed by atoms with Crippen LogP contribution >= 0.6 is 0 Å². The SMILES string of the molecule is Cc1cccc(NC(=O)CN2CCN(C(=O)CCc3cccnc3)CC2)c1C. The van der Waals surface area contributed by atoms with Crippen LogP contribution in [0.15, 0.2) is 42.7 Å². The molecule has 148 valence electrons. The van der Waals surface area contributed by atoms with E-state index in [1.54, 1.807) is 12.4 Å². The van der Waals surface area contributed by atoms with Gasteiger partial charge in [-0.3, -0.25) is 19.5 Å². The predicted octanol–water partition coefficient (Wildman–Crippen LogP) is 2.41. The van der Waals surface area contributed by atoms with Crippen molar-refractivity contribution in [2.24, 2.45) is 0 Å². The van der Waals surface area contributed by atoms with Gasteiger partial charge in [0.15, 0.2) is 0 Å². The second-order valence-corrected chi connectivity index (χ2v) is 7.31. The first kappa shape index (κ1) is 20.0. The lowest BCUT2D eigenvalue weighted by atomic mass is 10.1. The molecule has 0 saturated carbocycles. The highest BCUT2D eigenvalue weighted by Crippen LogP contribution is 2.18. The molecule has 1 saturated heterocycles. The van der Waals surface area contributed by atoms with Gasteiger partial charge in [0, 0.05) is 50.7 Å². The zero-order valence-corrected chi connectivity index (χ0v) is 16.6. The topological polar surface area (TPSA) is 65.5 Å². The quantitative estimate of drug-likeness (QED) is 0.836. The molecule has 1 aliphatic rings. The van der Waals surface area contributed by atoms with Gasteiger partial charge in [-0.1, -0.05) is 18.2 Å². The van der Waals surface area contributed by atoms with Crippen molar-refractivity contribution >= 4 is 17.5 Å². The van der Waals surface area contributed by atoms with Crippen molar-refractivity contribution in [2.45, 2.75) is 26.7 Å². The first-order valence-corrected chi connectivity index (χ1v) is 9.78. The number of aryl methyl sites for hydroxylation is 2. The van der Waals surface area contributed by atoms with Gasteiger partial charge in [-0.15, -0.1) is 0 Å². The molecule has 0 atom stereocenters. The highest BCUT2D eigenvalue weighted by Gasteiger charge is 2.22. The molecule has 1 aromatic heterocycles. The third-order valence-electron chi connectivity index (χ3n) is 5.32. The van der Waals surface area contributed by atoms with Crippen molar-refractivity contribution in [3.63, 3.8) is 0 Å². The minimum Gasteiger partial charge on any atom is -0.340 e. The summed E-state index contributed by atoms with van der Waals surface area (Å²) in [7, 11) is 0. The third-order valence-corrected chi connectivity index (χ3v) is 5.32. The summed E-state index contributed by atoms with van der Waals surface area (Å²) in [6.45, 7) is 7.18. The van der Waals surface area contributed by atoms with E-state index in [2.05, 4.69) is 15.2 Å². The highest BCUT2D eigenvalue weighted by molar-refractivity contribution is 5.93. The van der Waals surface area contributed by atoms with Gasteiger partial charge in [-0.2, -0.15) is 0 Å². The van der Waals surface area contributed by atoms with Crippen LogP contribution in [0.25, 0.3) is 0 Å². The number of rotatable bonds is 6. The average Bonchev–Trinajstić information content (AvgIpc) is 2.71. The van der Waals surface area contributed by atoms with Crippen LogP contribution in [0.2, 0.25) is 0 Å². The molecule has 0 radical (unpaired) electrons. The molecular weight excluding hydrogens is 352 g/mol. The zero-order valence-electron chi connectivity index (χ0n) is 16.6. The Kier molecular flexibility index (Phi) is 6.76. The molecule has 0 unspecified atom stereocenters. The van der Waals surface area contributed by atoms with Crippen molar-refractivity contribution < 1.29 is 9.59 Å². The van der Waals surface area contributed by atoms with E-state index in [9.17, 15) is 9.59 Å². The summed E-state index contributed by atoms with van der Waals surface area (Å²) in [6, 6.07) is 9.80.